The third kappa shape index (κ3) is 2.85. The third-order valence-corrected chi connectivity index (χ3v) is 5.12. The average Bonchev–Trinajstić information content (AvgIpc) is 3.27. The molecule has 0 fully saturated rings. The van der Waals surface area contributed by atoms with Crippen LogP contribution in [0.5, 0.6) is 5.88 Å². The van der Waals surface area contributed by atoms with Gasteiger partial charge in [-0.25, -0.2) is 0 Å². The van der Waals surface area contributed by atoms with Crippen LogP contribution in [0.25, 0.3) is 10.9 Å². The molecule has 1 aliphatic heterocycles. The van der Waals surface area contributed by atoms with E-state index in [4.69, 9.17) is 0 Å². The summed E-state index contributed by atoms with van der Waals surface area (Å²) in [6.07, 6.45) is 1.72. The number of rotatable bonds is 3. The summed E-state index contributed by atoms with van der Waals surface area (Å²) in [7, 11) is 0. The number of fused-ring (bicyclic) bond motifs is 2. The maximum absolute atomic E-state index is 10.1. The molecule has 1 aromatic heterocycles. The van der Waals surface area contributed by atoms with E-state index in [1.54, 1.807) is 6.21 Å². The summed E-state index contributed by atoms with van der Waals surface area (Å²) in [6, 6.07) is 24.6. The standard InChI is InChI=1S/C23H19N3O/c27-23-21(20-7-3-4-8-22(20)25-23)13-24-18-9-11-19(12-10-18)26-14-16-5-1-2-6-17(16)15-26/h1-13,25,27H,14-15H2. The Kier molecular flexibility index (Phi) is 3.68. The first-order valence-electron chi connectivity index (χ1n) is 9.03. The highest BCUT2D eigenvalue weighted by Crippen LogP contribution is 2.30. The van der Waals surface area contributed by atoms with Gasteiger partial charge in [0.05, 0.1) is 11.3 Å². The van der Waals surface area contributed by atoms with Crippen molar-refractivity contribution in [2.75, 3.05) is 4.90 Å². The molecule has 4 nitrogen and oxygen atoms in total. The predicted octanol–water partition coefficient (Wildman–Crippen LogP) is 5.14. The molecule has 0 saturated carbocycles. The van der Waals surface area contributed by atoms with Crippen molar-refractivity contribution in [3.63, 3.8) is 0 Å². The summed E-state index contributed by atoms with van der Waals surface area (Å²) < 4.78 is 0. The summed E-state index contributed by atoms with van der Waals surface area (Å²) in [5.74, 6) is 0.145. The summed E-state index contributed by atoms with van der Waals surface area (Å²) in [4.78, 5) is 9.88. The molecule has 0 amide bonds. The van der Waals surface area contributed by atoms with Crippen LogP contribution in [-0.2, 0) is 13.1 Å². The summed E-state index contributed by atoms with van der Waals surface area (Å²) in [5, 5.41) is 11.1. The van der Waals surface area contributed by atoms with Crippen LogP contribution in [0.2, 0.25) is 0 Å². The van der Waals surface area contributed by atoms with Gasteiger partial charge in [-0.1, -0.05) is 42.5 Å². The highest BCUT2D eigenvalue weighted by Gasteiger charge is 2.18. The van der Waals surface area contributed by atoms with Crippen LogP contribution in [0.15, 0.2) is 77.8 Å². The monoisotopic (exact) mass is 353 g/mol. The van der Waals surface area contributed by atoms with Crippen molar-refractivity contribution in [2.45, 2.75) is 13.1 Å². The number of aliphatic imine (C=N–C) groups is 1. The molecule has 0 saturated heterocycles. The molecule has 0 atom stereocenters. The van der Waals surface area contributed by atoms with E-state index in [0.717, 1.165) is 29.7 Å². The zero-order valence-corrected chi connectivity index (χ0v) is 14.8. The Hall–Kier alpha value is -3.53. The van der Waals surface area contributed by atoms with Crippen molar-refractivity contribution >= 4 is 28.5 Å². The molecular formula is C23H19N3O. The van der Waals surface area contributed by atoms with Crippen molar-refractivity contribution in [2.24, 2.45) is 4.99 Å². The van der Waals surface area contributed by atoms with E-state index in [0.29, 0.717) is 5.56 Å². The maximum Gasteiger partial charge on any atom is 0.198 e. The van der Waals surface area contributed by atoms with Gasteiger partial charge in [0.1, 0.15) is 0 Å². The number of nitrogens with zero attached hydrogens (tertiary/aromatic N) is 2. The minimum absolute atomic E-state index is 0.145. The molecule has 4 heteroatoms. The van der Waals surface area contributed by atoms with E-state index >= 15 is 0 Å². The molecule has 0 aliphatic carbocycles. The number of para-hydroxylation sites is 1. The van der Waals surface area contributed by atoms with Crippen molar-refractivity contribution < 1.29 is 5.11 Å². The smallest absolute Gasteiger partial charge is 0.198 e. The van der Waals surface area contributed by atoms with Crippen molar-refractivity contribution in [3.8, 4) is 5.88 Å². The Balaban J connectivity index is 1.37. The first-order chi connectivity index (χ1) is 13.3. The van der Waals surface area contributed by atoms with Gasteiger partial charge in [-0.2, -0.15) is 0 Å². The molecule has 0 radical (unpaired) electrons. The Labute approximate surface area is 157 Å². The molecule has 0 spiro atoms. The van der Waals surface area contributed by atoms with Crippen LogP contribution in [0, 0.1) is 0 Å². The molecule has 0 bridgehead atoms. The number of aromatic nitrogens is 1. The molecule has 27 heavy (non-hydrogen) atoms. The molecule has 5 rings (SSSR count). The van der Waals surface area contributed by atoms with Gasteiger partial charge in [0, 0.05) is 35.9 Å². The Bertz CT molecular complexity index is 1120. The van der Waals surface area contributed by atoms with Crippen LogP contribution in [0.1, 0.15) is 16.7 Å². The SMILES string of the molecule is Oc1[nH]c2ccccc2c1C=Nc1ccc(N2Cc3ccccc3C2)cc1. The van der Waals surface area contributed by atoms with E-state index in [-0.39, 0.29) is 5.88 Å². The molecule has 2 N–H and O–H groups in total. The van der Waals surface area contributed by atoms with Gasteiger partial charge in [0.2, 0.25) is 0 Å². The Morgan fingerprint density at radius 3 is 2.26 bits per heavy atom. The first kappa shape index (κ1) is 15.7. The maximum atomic E-state index is 10.1. The first-order valence-corrected chi connectivity index (χ1v) is 9.03. The van der Waals surface area contributed by atoms with Crippen LogP contribution in [0.4, 0.5) is 11.4 Å². The molecular weight excluding hydrogens is 334 g/mol. The zero-order chi connectivity index (χ0) is 18.2. The van der Waals surface area contributed by atoms with Crippen LogP contribution >= 0.6 is 0 Å². The van der Waals surface area contributed by atoms with Gasteiger partial charge in [0.15, 0.2) is 5.88 Å². The van der Waals surface area contributed by atoms with E-state index in [1.807, 2.05) is 36.4 Å². The largest absolute Gasteiger partial charge is 0.494 e. The number of hydrogen-bond acceptors (Lipinski definition) is 3. The summed E-state index contributed by atoms with van der Waals surface area (Å²) >= 11 is 0. The average molecular weight is 353 g/mol. The van der Waals surface area contributed by atoms with Crippen molar-refractivity contribution in [1.82, 2.24) is 4.98 Å². The molecule has 3 aromatic carbocycles. The summed E-state index contributed by atoms with van der Waals surface area (Å²) in [5.41, 5.74) is 6.47. The normalized spacial score (nSPS) is 13.6. The lowest BCUT2D eigenvalue weighted by Crippen LogP contribution is -2.13. The van der Waals surface area contributed by atoms with Gasteiger partial charge in [0.25, 0.3) is 0 Å². The highest BCUT2D eigenvalue weighted by atomic mass is 16.3. The van der Waals surface area contributed by atoms with Crippen molar-refractivity contribution in [1.29, 1.82) is 0 Å². The number of aromatic amines is 1. The second kappa shape index (κ2) is 6.32. The number of benzene rings is 3. The fourth-order valence-electron chi connectivity index (χ4n) is 3.68. The quantitative estimate of drug-likeness (QED) is 0.501. The predicted molar refractivity (Wildman–Crippen MR) is 110 cm³/mol. The van der Waals surface area contributed by atoms with Crippen LogP contribution in [-0.4, -0.2) is 16.3 Å². The number of nitrogens with one attached hydrogen (secondary N) is 1. The highest BCUT2D eigenvalue weighted by molar-refractivity contribution is 6.02. The van der Waals surface area contributed by atoms with Gasteiger partial charge >= 0.3 is 0 Å². The molecule has 0 unspecified atom stereocenters. The minimum Gasteiger partial charge on any atom is -0.494 e. The lowest BCUT2D eigenvalue weighted by Gasteiger charge is -2.17. The third-order valence-electron chi connectivity index (χ3n) is 5.12. The second-order valence-electron chi connectivity index (χ2n) is 6.83. The molecule has 4 aromatic rings. The lowest BCUT2D eigenvalue weighted by atomic mass is 10.1. The van der Waals surface area contributed by atoms with E-state index in [2.05, 4.69) is 51.3 Å². The minimum atomic E-state index is 0.145. The zero-order valence-electron chi connectivity index (χ0n) is 14.8. The number of anilines is 1. The van der Waals surface area contributed by atoms with Crippen molar-refractivity contribution in [3.05, 3.63) is 89.5 Å². The number of hydrogen-bond donors (Lipinski definition) is 2. The van der Waals surface area contributed by atoms with Gasteiger partial charge in [-0.05, 0) is 41.5 Å². The van der Waals surface area contributed by atoms with E-state index in [1.165, 1.54) is 16.8 Å². The Morgan fingerprint density at radius 1 is 0.852 bits per heavy atom. The van der Waals surface area contributed by atoms with Gasteiger partial charge in [-0.3, -0.25) is 4.99 Å². The number of aromatic hydroxyl groups is 1. The fraction of sp³-hybridized carbons (Fsp3) is 0.0870. The van der Waals surface area contributed by atoms with E-state index < -0.39 is 0 Å². The van der Waals surface area contributed by atoms with E-state index in [9.17, 15) is 5.11 Å². The number of H-pyrrole nitrogens is 1. The molecule has 2 heterocycles. The lowest BCUT2D eigenvalue weighted by molar-refractivity contribution is 0.457. The Morgan fingerprint density at radius 2 is 1.52 bits per heavy atom. The van der Waals surface area contributed by atoms with Crippen LogP contribution in [0.3, 0.4) is 0 Å². The molecule has 1 aliphatic rings. The second-order valence-corrected chi connectivity index (χ2v) is 6.83. The van der Waals surface area contributed by atoms with Gasteiger partial charge < -0.3 is 15.0 Å². The van der Waals surface area contributed by atoms with Gasteiger partial charge in [-0.15, -0.1) is 0 Å². The molecule has 132 valence electrons. The van der Waals surface area contributed by atoms with Crippen LogP contribution < -0.4 is 4.90 Å². The fourth-order valence-corrected chi connectivity index (χ4v) is 3.68. The topological polar surface area (TPSA) is 51.6 Å². The summed E-state index contributed by atoms with van der Waals surface area (Å²) in [6.45, 7) is 1.89.